The van der Waals surface area contributed by atoms with Crippen molar-refractivity contribution in [3.63, 3.8) is 0 Å². The van der Waals surface area contributed by atoms with E-state index in [1.165, 1.54) is 0 Å². The van der Waals surface area contributed by atoms with Crippen molar-refractivity contribution in [1.29, 1.82) is 0 Å². The molecule has 1 atom stereocenters. The van der Waals surface area contributed by atoms with Crippen LogP contribution in [0.1, 0.15) is 31.1 Å². The van der Waals surface area contributed by atoms with Gasteiger partial charge in [0.25, 0.3) is 0 Å². The van der Waals surface area contributed by atoms with Gasteiger partial charge in [0.15, 0.2) is 0 Å². The summed E-state index contributed by atoms with van der Waals surface area (Å²) in [5.74, 6) is 1.72. The third-order valence-corrected chi connectivity index (χ3v) is 4.89. The molecule has 2 aromatic rings. The fourth-order valence-corrected chi connectivity index (χ4v) is 3.42. The van der Waals surface area contributed by atoms with Crippen molar-refractivity contribution in [3.05, 3.63) is 54.0 Å². The molecule has 1 aromatic heterocycles. The largest absolute Gasteiger partial charge is 0.497 e. The molecule has 5 nitrogen and oxygen atoms in total. The molecule has 134 valence electrons. The zero-order valence-corrected chi connectivity index (χ0v) is 14.8. The maximum Gasteiger partial charge on any atom is 0.231 e. The van der Waals surface area contributed by atoms with Gasteiger partial charge >= 0.3 is 0 Å². The van der Waals surface area contributed by atoms with Crippen LogP contribution < -0.4 is 10.1 Å². The number of furan rings is 1. The second-order valence-electron chi connectivity index (χ2n) is 6.58. The Morgan fingerprint density at radius 1 is 1.24 bits per heavy atom. The molecule has 0 saturated carbocycles. The second-order valence-corrected chi connectivity index (χ2v) is 6.58. The number of rotatable bonds is 6. The van der Waals surface area contributed by atoms with Gasteiger partial charge in [-0.25, -0.2) is 0 Å². The molecule has 5 heteroatoms. The van der Waals surface area contributed by atoms with Crippen LogP contribution in [0.15, 0.2) is 47.1 Å². The minimum Gasteiger partial charge on any atom is -0.497 e. The summed E-state index contributed by atoms with van der Waals surface area (Å²) in [6.45, 7) is 3.18. The van der Waals surface area contributed by atoms with Gasteiger partial charge in [-0.15, -0.1) is 0 Å². The monoisotopic (exact) mass is 343 g/mol. The normalized spacial score (nSPS) is 17.7. The summed E-state index contributed by atoms with van der Waals surface area (Å²) in [5.41, 5.74) is 0.460. The van der Waals surface area contributed by atoms with Crippen LogP contribution in [0.25, 0.3) is 0 Å². The van der Waals surface area contributed by atoms with E-state index < -0.39 is 5.41 Å². The van der Waals surface area contributed by atoms with Crippen LogP contribution in [0.5, 0.6) is 5.75 Å². The van der Waals surface area contributed by atoms with Crippen molar-refractivity contribution >= 4 is 5.91 Å². The number of hydrogen-bond donors (Lipinski definition) is 1. The fourth-order valence-electron chi connectivity index (χ4n) is 3.42. The van der Waals surface area contributed by atoms with Crippen molar-refractivity contribution in [1.82, 2.24) is 5.32 Å². The van der Waals surface area contributed by atoms with Gasteiger partial charge in [-0.1, -0.05) is 12.1 Å². The lowest BCUT2D eigenvalue weighted by atomic mass is 9.73. The zero-order valence-electron chi connectivity index (χ0n) is 14.8. The molecule has 0 aliphatic carbocycles. The predicted octanol–water partition coefficient (Wildman–Crippen LogP) is 3.08. The Labute approximate surface area is 148 Å². The first kappa shape index (κ1) is 17.5. The SMILES string of the molecule is COc1ccc(C2(C(=O)NC(C)Cc3ccco3)CCOCC2)cc1. The minimum absolute atomic E-state index is 0.00313. The van der Waals surface area contributed by atoms with E-state index in [0.29, 0.717) is 32.5 Å². The number of carbonyl (C=O) groups is 1. The standard InChI is InChI=1S/C20H25NO4/c1-15(14-18-4-3-11-25-18)21-19(22)20(9-12-24-13-10-20)16-5-7-17(23-2)8-6-16/h3-8,11,15H,9-10,12-14H2,1-2H3,(H,21,22). The van der Waals surface area contributed by atoms with Crippen LogP contribution in [-0.4, -0.2) is 32.3 Å². The van der Waals surface area contributed by atoms with Crippen LogP contribution in [0, 0.1) is 0 Å². The average Bonchev–Trinajstić information content (AvgIpc) is 3.15. The zero-order chi connectivity index (χ0) is 17.7. The van der Waals surface area contributed by atoms with Crippen molar-refractivity contribution in [2.24, 2.45) is 0 Å². The molecule has 1 saturated heterocycles. The molecule has 1 aromatic carbocycles. The number of nitrogens with one attached hydrogen (secondary N) is 1. The molecule has 1 fully saturated rings. The molecular weight excluding hydrogens is 318 g/mol. The van der Waals surface area contributed by atoms with Gasteiger partial charge in [0.2, 0.25) is 5.91 Å². The summed E-state index contributed by atoms with van der Waals surface area (Å²) >= 11 is 0. The van der Waals surface area contributed by atoms with Gasteiger partial charge in [-0.3, -0.25) is 4.79 Å². The van der Waals surface area contributed by atoms with E-state index in [9.17, 15) is 4.79 Å². The average molecular weight is 343 g/mol. The molecular formula is C20H25NO4. The number of benzene rings is 1. The topological polar surface area (TPSA) is 60.7 Å². The van der Waals surface area contributed by atoms with Crippen molar-refractivity contribution in [2.45, 2.75) is 37.6 Å². The minimum atomic E-state index is -0.554. The molecule has 1 aliphatic heterocycles. The van der Waals surface area contributed by atoms with Crippen molar-refractivity contribution in [2.75, 3.05) is 20.3 Å². The summed E-state index contributed by atoms with van der Waals surface area (Å²) < 4.78 is 16.1. The van der Waals surface area contributed by atoms with E-state index in [1.807, 2.05) is 43.3 Å². The van der Waals surface area contributed by atoms with E-state index in [1.54, 1.807) is 13.4 Å². The first-order valence-electron chi connectivity index (χ1n) is 8.70. The lowest BCUT2D eigenvalue weighted by Gasteiger charge is -2.37. The number of carbonyl (C=O) groups excluding carboxylic acids is 1. The second kappa shape index (κ2) is 7.74. The predicted molar refractivity (Wildman–Crippen MR) is 94.7 cm³/mol. The summed E-state index contributed by atoms with van der Waals surface area (Å²) in [6, 6.07) is 11.6. The lowest BCUT2D eigenvalue weighted by molar-refractivity contribution is -0.131. The van der Waals surface area contributed by atoms with Crippen LogP contribution in [0.2, 0.25) is 0 Å². The first-order chi connectivity index (χ1) is 12.1. The van der Waals surface area contributed by atoms with Crippen LogP contribution >= 0.6 is 0 Å². The lowest BCUT2D eigenvalue weighted by Crippen LogP contribution is -2.50. The van der Waals surface area contributed by atoms with Crippen LogP contribution in [0.4, 0.5) is 0 Å². The highest BCUT2D eigenvalue weighted by atomic mass is 16.5. The van der Waals surface area contributed by atoms with Gasteiger partial charge < -0.3 is 19.2 Å². The number of amides is 1. The Hall–Kier alpha value is -2.27. The molecule has 3 rings (SSSR count). The van der Waals surface area contributed by atoms with Crippen molar-refractivity contribution in [3.8, 4) is 5.75 Å². The molecule has 1 aliphatic rings. The smallest absolute Gasteiger partial charge is 0.231 e. The van der Waals surface area contributed by atoms with Crippen LogP contribution in [-0.2, 0) is 21.4 Å². The summed E-state index contributed by atoms with van der Waals surface area (Å²) in [7, 11) is 1.64. The highest BCUT2D eigenvalue weighted by Crippen LogP contribution is 2.36. The Balaban J connectivity index is 1.77. The Morgan fingerprint density at radius 3 is 2.56 bits per heavy atom. The third kappa shape index (κ3) is 3.87. The highest BCUT2D eigenvalue weighted by Gasteiger charge is 2.42. The summed E-state index contributed by atoms with van der Waals surface area (Å²) in [6.07, 6.45) is 3.69. The van der Waals surface area contributed by atoms with Crippen molar-refractivity contribution < 1.29 is 18.7 Å². The molecule has 25 heavy (non-hydrogen) atoms. The number of ether oxygens (including phenoxy) is 2. The van der Waals surface area contributed by atoms with Gasteiger partial charge in [0.05, 0.1) is 18.8 Å². The van der Waals surface area contributed by atoms with Gasteiger partial charge in [-0.05, 0) is 49.6 Å². The van der Waals surface area contributed by atoms with E-state index in [2.05, 4.69) is 5.32 Å². The first-order valence-corrected chi connectivity index (χ1v) is 8.70. The fraction of sp³-hybridized carbons (Fsp3) is 0.450. The molecule has 1 unspecified atom stereocenters. The molecule has 1 amide bonds. The molecule has 0 radical (unpaired) electrons. The highest BCUT2D eigenvalue weighted by molar-refractivity contribution is 5.88. The number of methoxy groups -OCH3 is 1. The summed E-state index contributed by atoms with van der Waals surface area (Å²) in [4.78, 5) is 13.2. The molecule has 0 bridgehead atoms. The summed E-state index contributed by atoms with van der Waals surface area (Å²) in [5, 5.41) is 3.17. The quantitative estimate of drug-likeness (QED) is 0.876. The Bertz CT molecular complexity index is 672. The Morgan fingerprint density at radius 2 is 1.96 bits per heavy atom. The van der Waals surface area contributed by atoms with Gasteiger partial charge in [0.1, 0.15) is 11.5 Å². The Kier molecular flexibility index (Phi) is 5.43. The van der Waals surface area contributed by atoms with E-state index in [4.69, 9.17) is 13.9 Å². The molecule has 2 heterocycles. The number of hydrogen-bond acceptors (Lipinski definition) is 4. The van der Waals surface area contributed by atoms with Crippen LogP contribution in [0.3, 0.4) is 0 Å². The van der Waals surface area contributed by atoms with Gasteiger partial charge in [0, 0.05) is 25.7 Å². The third-order valence-electron chi connectivity index (χ3n) is 4.89. The molecule has 0 spiro atoms. The van der Waals surface area contributed by atoms with Gasteiger partial charge in [-0.2, -0.15) is 0 Å². The van der Waals surface area contributed by atoms with E-state index in [-0.39, 0.29) is 11.9 Å². The maximum atomic E-state index is 13.2. The van der Waals surface area contributed by atoms with E-state index in [0.717, 1.165) is 17.1 Å². The molecule has 1 N–H and O–H groups in total. The maximum absolute atomic E-state index is 13.2. The van der Waals surface area contributed by atoms with E-state index >= 15 is 0 Å².